The molecule has 0 bridgehead atoms. The van der Waals surface area contributed by atoms with Crippen LogP contribution >= 0.6 is 0 Å². The zero-order valence-corrected chi connectivity index (χ0v) is 8.59. The van der Waals surface area contributed by atoms with E-state index < -0.39 is 0 Å². The predicted molar refractivity (Wildman–Crippen MR) is 53.5 cm³/mol. The molecule has 0 spiro atoms. The number of hydrogen-bond donors (Lipinski definition) is 1. The van der Waals surface area contributed by atoms with Crippen LogP contribution in [0.15, 0.2) is 6.07 Å². The van der Waals surface area contributed by atoms with E-state index in [0.29, 0.717) is 0 Å². The topological polar surface area (TPSA) is 29.9 Å². The minimum absolute atomic E-state index is 0.159. The van der Waals surface area contributed by atoms with Crippen LogP contribution < -0.4 is 5.43 Å². The second kappa shape index (κ2) is 2.76. The van der Waals surface area contributed by atoms with Gasteiger partial charge >= 0.3 is 0 Å². The van der Waals surface area contributed by atoms with Crippen molar-refractivity contribution in [1.29, 1.82) is 0 Å². The summed E-state index contributed by atoms with van der Waals surface area (Å²) in [6, 6.07) is 2.21. The van der Waals surface area contributed by atoms with Gasteiger partial charge in [0.15, 0.2) is 0 Å². The molecule has 1 aromatic heterocycles. The maximum absolute atomic E-state index is 4.53. The van der Waals surface area contributed by atoms with E-state index in [9.17, 15) is 0 Å². The van der Waals surface area contributed by atoms with Crippen molar-refractivity contribution >= 4 is 0 Å². The summed E-state index contributed by atoms with van der Waals surface area (Å²) in [7, 11) is 0. The summed E-state index contributed by atoms with van der Waals surface area (Å²) in [6.07, 6.45) is 2.37. The molecule has 1 aliphatic heterocycles. The number of nitrogens with zero attached hydrogens (tertiary/aromatic N) is 2. The first-order valence-electron chi connectivity index (χ1n) is 4.91. The average molecular weight is 179 g/mol. The Morgan fingerprint density at radius 1 is 1.46 bits per heavy atom. The van der Waals surface area contributed by atoms with Gasteiger partial charge in [-0.2, -0.15) is 9.89 Å². The number of hydrogen-bond acceptors (Lipinski definition) is 2. The molecule has 0 aliphatic carbocycles. The summed E-state index contributed by atoms with van der Waals surface area (Å²) in [5.41, 5.74) is 5.91. The molecule has 1 N–H and O–H groups in total. The summed E-state index contributed by atoms with van der Waals surface area (Å²) >= 11 is 0. The molecule has 3 heteroatoms. The van der Waals surface area contributed by atoms with Crippen molar-refractivity contribution in [3.63, 3.8) is 0 Å². The zero-order valence-electron chi connectivity index (χ0n) is 8.59. The van der Waals surface area contributed by atoms with Crippen molar-refractivity contribution < 1.29 is 0 Å². The predicted octanol–water partition coefficient (Wildman–Crippen LogP) is 1.67. The maximum Gasteiger partial charge on any atom is 0.0701 e. The van der Waals surface area contributed by atoms with Crippen LogP contribution in [-0.2, 0) is 11.8 Å². The normalized spacial score (nSPS) is 16.5. The summed E-state index contributed by atoms with van der Waals surface area (Å²) in [5, 5.41) is 4.53. The first kappa shape index (κ1) is 8.60. The van der Waals surface area contributed by atoms with Crippen LogP contribution in [0.25, 0.3) is 0 Å². The van der Waals surface area contributed by atoms with E-state index in [1.807, 2.05) is 4.79 Å². The third kappa shape index (κ3) is 1.55. The van der Waals surface area contributed by atoms with Crippen LogP contribution in [0.4, 0.5) is 0 Å². The van der Waals surface area contributed by atoms with Gasteiger partial charge in [-0.15, -0.1) is 0 Å². The van der Waals surface area contributed by atoms with Gasteiger partial charge in [0.25, 0.3) is 0 Å². The molecule has 0 aromatic carbocycles. The van der Waals surface area contributed by atoms with E-state index in [1.165, 1.54) is 17.8 Å². The fourth-order valence-electron chi connectivity index (χ4n) is 1.56. The second-order valence-corrected chi connectivity index (χ2v) is 4.69. The number of aryl methyl sites for hydroxylation is 1. The Bertz CT molecular complexity index is 283. The van der Waals surface area contributed by atoms with E-state index in [1.54, 1.807) is 0 Å². The first-order chi connectivity index (χ1) is 6.07. The van der Waals surface area contributed by atoms with Crippen LogP contribution in [0.2, 0.25) is 0 Å². The SMILES string of the molecule is CC(C)(C)c1cc2n(n1)NCCC2. The van der Waals surface area contributed by atoms with Gasteiger partial charge in [-0.1, -0.05) is 20.8 Å². The fraction of sp³-hybridized carbons (Fsp3) is 0.700. The highest BCUT2D eigenvalue weighted by atomic mass is 15.6. The second-order valence-electron chi connectivity index (χ2n) is 4.69. The molecule has 0 amide bonds. The van der Waals surface area contributed by atoms with Crippen molar-refractivity contribution in [3.05, 3.63) is 17.5 Å². The van der Waals surface area contributed by atoms with Gasteiger partial charge in [-0.3, -0.25) is 0 Å². The summed E-state index contributed by atoms with van der Waals surface area (Å²) < 4.78 is 0. The van der Waals surface area contributed by atoms with Crippen LogP contribution in [0.1, 0.15) is 38.6 Å². The minimum atomic E-state index is 0.159. The smallest absolute Gasteiger partial charge is 0.0701 e. The molecule has 1 aromatic rings. The molecular weight excluding hydrogens is 162 g/mol. The van der Waals surface area contributed by atoms with Gasteiger partial charge in [0.2, 0.25) is 0 Å². The molecule has 72 valence electrons. The lowest BCUT2D eigenvalue weighted by atomic mass is 9.92. The molecule has 3 nitrogen and oxygen atoms in total. The maximum atomic E-state index is 4.53. The van der Waals surface area contributed by atoms with Gasteiger partial charge in [0.05, 0.1) is 11.4 Å². The largest absolute Gasteiger partial charge is 0.310 e. The van der Waals surface area contributed by atoms with Gasteiger partial charge < -0.3 is 5.43 Å². The van der Waals surface area contributed by atoms with Gasteiger partial charge in [0, 0.05) is 12.0 Å². The van der Waals surface area contributed by atoms with Crippen molar-refractivity contribution in [3.8, 4) is 0 Å². The molecule has 0 atom stereocenters. The highest BCUT2D eigenvalue weighted by molar-refractivity contribution is 5.19. The Morgan fingerprint density at radius 2 is 2.23 bits per heavy atom. The van der Waals surface area contributed by atoms with Crippen LogP contribution in [0.5, 0.6) is 0 Å². The Hall–Kier alpha value is -0.990. The lowest BCUT2D eigenvalue weighted by molar-refractivity contribution is 0.541. The van der Waals surface area contributed by atoms with Crippen molar-refractivity contribution in [2.45, 2.75) is 39.0 Å². The quantitative estimate of drug-likeness (QED) is 0.656. The molecule has 0 saturated carbocycles. The third-order valence-electron chi connectivity index (χ3n) is 2.42. The molecule has 0 saturated heterocycles. The van der Waals surface area contributed by atoms with Crippen LogP contribution in [-0.4, -0.2) is 16.4 Å². The number of nitrogens with one attached hydrogen (secondary N) is 1. The average Bonchev–Trinajstić information content (AvgIpc) is 2.45. The van der Waals surface area contributed by atoms with E-state index in [2.05, 4.69) is 37.4 Å². The van der Waals surface area contributed by atoms with E-state index in [0.717, 1.165) is 13.0 Å². The molecular formula is C10H17N3. The van der Waals surface area contributed by atoms with Gasteiger partial charge in [-0.25, -0.2) is 0 Å². The monoisotopic (exact) mass is 179 g/mol. The highest BCUT2D eigenvalue weighted by Crippen LogP contribution is 2.22. The standard InChI is InChI=1S/C10H17N3/c1-10(2,3)9-7-8-5-4-6-11-13(8)12-9/h7,11H,4-6H2,1-3H3. The van der Waals surface area contributed by atoms with Gasteiger partial charge in [-0.05, 0) is 18.9 Å². The van der Waals surface area contributed by atoms with E-state index in [-0.39, 0.29) is 5.41 Å². The molecule has 13 heavy (non-hydrogen) atoms. The first-order valence-corrected chi connectivity index (χ1v) is 4.91. The lowest BCUT2D eigenvalue weighted by Crippen LogP contribution is -2.25. The fourth-order valence-corrected chi connectivity index (χ4v) is 1.56. The molecule has 0 unspecified atom stereocenters. The summed E-state index contributed by atoms with van der Waals surface area (Å²) in [4.78, 5) is 1.93. The molecule has 2 rings (SSSR count). The Kier molecular flexibility index (Phi) is 1.82. The van der Waals surface area contributed by atoms with Crippen LogP contribution in [0.3, 0.4) is 0 Å². The number of aromatic nitrogens is 2. The Balaban J connectivity index is 2.36. The van der Waals surface area contributed by atoms with Gasteiger partial charge in [0.1, 0.15) is 0 Å². The zero-order chi connectivity index (χ0) is 9.47. The minimum Gasteiger partial charge on any atom is -0.310 e. The Labute approximate surface area is 79.1 Å². The van der Waals surface area contributed by atoms with Crippen molar-refractivity contribution in [2.24, 2.45) is 0 Å². The number of fused-ring (bicyclic) bond motifs is 1. The number of rotatable bonds is 0. The molecule has 2 heterocycles. The lowest BCUT2D eigenvalue weighted by Gasteiger charge is -2.15. The van der Waals surface area contributed by atoms with E-state index >= 15 is 0 Å². The Morgan fingerprint density at radius 3 is 2.85 bits per heavy atom. The highest BCUT2D eigenvalue weighted by Gasteiger charge is 2.20. The molecule has 1 aliphatic rings. The van der Waals surface area contributed by atoms with E-state index in [4.69, 9.17) is 0 Å². The van der Waals surface area contributed by atoms with Crippen molar-refractivity contribution in [2.75, 3.05) is 12.0 Å². The third-order valence-corrected chi connectivity index (χ3v) is 2.42. The summed E-state index contributed by atoms with van der Waals surface area (Å²) in [6.45, 7) is 7.63. The molecule has 0 radical (unpaired) electrons. The van der Waals surface area contributed by atoms with Crippen molar-refractivity contribution in [1.82, 2.24) is 9.89 Å². The summed E-state index contributed by atoms with van der Waals surface area (Å²) in [5.74, 6) is 0. The molecule has 0 fully saturated rings. The van der Waals surface area contributed by atoms with Crippen LogP contribution in [0, 0.1) is 0 Å².